The summed E-state index contributed by atoms with van der Waals surface area (Å²) < 4.78 is 0. The SMILES string of the molecule is NC(=O)CCCCNC(=O)c1cc2ccccc2[nH]1. The van der Waals surface area contributed by atoms with Gasteiger partial charge in [-0.1, -0.05) is 18.2 Å². The van der Waals surface area contributed by atoms with Gasteiger partial charge in [0.25, 0.3) is 5.91 Å². The summed E-state index contributed by atoms with van der Waals surface area (Å²) in [5.74, 6) is -0.433. The van der Waals surface area contributed by atoms with Crippen LogP contribution in [-0.4, -0.2) is 23.3 Å². The van der Waals surface area contributed by atoms with Gasteiger partial charge in [0, 0.05) is 23.9 Å². The number of amides is 2. The van der Waals surface area contributed by atoms with Crippen LogP contribution in [0.1, 0.15) is 29.8 Å². The van der Waals surface area contributed by atoms with Crippen LogP contribution in [0.3, 0.4) is 0 Å². The summed E-state index contributed by atoms with van der Waals surface area (Å²) in [4.78, 5) is 25.5. The number of rotatable bonds is 6. The lowest BCUT2D eigenvalue weighted by Gasteiger charge is -2.02. The molecule has 1 heterocycles. The van der Waals surface area contributed by atoms with Crippen molar-refractivity contribution in [3.05, 3.63) is 36.0 Å². The zero-order valence-electron chi connectivity index (χ0n) is 10.6. The van der Waals surface area contributed by atoms with Gasteiger partial charge in [-0.2, -0.15) is 0 Å². The molecule has 0 aliphatic carbocycles. The minimum Gasteiger partial charge on any atom is -0.370 e. The first-order valence-corrected chi connectivity index (χ1v) is 6.31. The topological polar surface area (TPSA) is 88.0 Å². The smallest absolute Gasteiger partial charge is 0.267 e. The van der Waals surface area contributed by atoms with Crippen LogP contribution in [0.2, 0.25) is 0 Å². The first-order valence-electron chi connectivity index (χ1n) is 6.31. The number of primary amides is 1. The summed E-state index contributed by atoms with van der Waals surface area (Å²) >= 11 is 0. The summed E-state index contributed by atoms with van der Waals surface area (Å²) in [7, 11) is 0. The third kappa shape index (κ3) is 3.58. The van der Waals surface area contributed by atoms with Gasteiger partial charge < -0.3 is 16.0 Å². The Morgan fingerprint density at radius 2 is 2.00 bits per heavy atom. The van der Waals surface area contributed by atoms with Crippen molar-refractivity contribution in [1.82, 2.24) is 10.3 Å². The van der Waals surface area contributed by atoms with Crippen molar-refractivity contribution in [3.63, 3.8) is 0 Å². The highest BCUT2D eigenvalue weighted by molar-refractivity contribution is 5.97. The van der Waals surface area contributed by atoms with Crippen LogP contribution in [0.4, 0.5) is 0 Å². The third-order valence-electron chi connectivity index (χ3n) is 2.91. The number of fused-ring (bicyclic) bond motifs is 1. The van der Waals surface area contributed by atoms with E-state index in [1.54, 1.807) is 0 Å². The van der Waals surface area contributed by atoms with Crippen molar-refractivity contribution in [3.8, 4) is 0 Å². The Hall–Kier alpha value is -2.30. The predicted molar refractivity (Wildman–Crippen MR) is 73.7 cm³/mol. The Morgan fingerprint density at radius 1 is 1.21 bits per heavy atom. The maximum Gasteiger partial charge on any atom is 0.267 e. The standard InChI is InChI=1S/C14H17N3O2/c15-13(18)7-3-4-8-16-14(19)12-9-10-5-1-2-6-11(10)17-12/h1-2,5-6,9,17H,3-4,7-8H2,(H2,15,18)(H,16,19). The molecule has 100 valence electrons. The van der Waals surface area contributed by atoms with Crippen LogP contribution in [0, 0.1) is 0 Å². The summed E-state index contributed by atoms with van der Waals surface area (Å²) in [6.07, 6.45) is 1.81. The van der Waals surface area contributed by atoms with Crippen LogP contribution < -0.4 is 11.1 Å². The van der Waals surface area contributed by atoms with Crippen LogP contribution in [0.25, 0.3) is 10.9 Å². The van der Waals surface area contributed by atoms with E-state index in [0.29, 0.717) is 25.1 Å². The number of aromatic amines is 1. The van der Waals surface area contributed by atoms with Crippen LogP contribution in [0.15, 0.2) is 30.3 Å². The molecule has 5 nitrogen and oxygen atoms in total. The average molecular weight is 259 g/mol. The predicted octanol–water partition coefficient (Wildman–Crippen LogP) is 1.55. The number of carbonyl (C=O) groups excluding carboxylic acids is 2. The number of benzene rings is 1. The molecule has 0 aliphatic rings. The van der Waals surface area contributed by atoms with E-state index in [4.69, 9.17) is 5.73 Å². The van der Waals surface area contributed by atoms with Crippen molar-refractivity contribution >= 4 is 22.7 Å². The largest absolute Gasteiger partial charge is 0.370 e. The molecule has 0 aliphatic heterocycles. The number of unbranched alkanes of at least 4 members (excludes halogenated alkanes) is 1. The highest BCUT2D eigenvalue weighted by atomic mass is 16.2. The first-order chi connectivity index (χ1) is 9.16. The van der Waals surface area contributed by atoms with Gasteiger partial charge in [0.05, 0.1) is 0 Å². The van der Waals surface area contributed by atoms with Crippen molar-refractivity contribution in [2.75, 3.05) is 6.54 Å². The van der Waals surface area contributed by atoms with E-state index in [2.05, 4.69) is 10.3 Å². The molecule has 1 aromatic heterocycles. The summed E-state index contributed by atoms with van der Waals surface area (Å²) in [5, 5.41) is 3.83. The first kappa shape index (κ1) is 13.1. The highest BCUT2D eigenvalue weighted by Crippen LogP contribution is 2.14. The Balaban J connectivity index is 1.84. The van der Waals surface area contributed by atoms with E-state index in [1.807, 2.05) is 30.3 Å². The number of hydrogen-bond donors (Lipinski definition) is 3. The monoisotopic (exact) mass is 259 g/mol. The summed E-state index contributed by atoms with van der Waals surface area (Å²) in [6, 6.07) is 9.56. The number of hydrogen-bond acceptors (Lipinski definition) is 2. The zero-order chi connectivity index (χ0) is 13.7. The van der Waals surface area contributed by atoms with Gasteiger partial charge in [0.1, 0.15) is 5.69 Å². The van der Waals surface area contributed by atoms with Gasteiger partial charge >= 0.3 is 0 Å². The molecular weight excluding hydrogens is 242 g/mol. The molecule has 0 fully saturated rings. The van der Waals surface area contributed by atoms with Crippen molar-refractivity contribution < 1.29 is 9.59 Å². The van der Waals surface area contributed by atoms with Gasteiger partial charge in [0.2, 0.25) is 5.91 Å². The zero-order valence-corrected chi connectivity index (χ0v) is 10.6. The lowest BCUT2D eigenvalue weighted by molar-refractivity contribution is -0.118. The molecule has 0 unspecified atom stereocenters. The molecule has 0 atom stereocenters. The second kappa shape index (κ2) is 6.04. The maximum atomic E-state index is 11.9. The number of aromatic nitrogens is 1. The second-order valence-electron chi connectivity index (χ2n) is 4.45. The quantitative estimate of drug-likeness (QED) is 0.687. The Bertz CT molecular complexity index is 556. The molecular formula is C14H17N3O2. The Kier molecular flexibility index (Phi) is 4.18. The fourth-order valence-electron chi connectivity index (χ4n) is 1.92. The molecule has 4 N–H and O–H groups in total. The highest BCUT2D eigenvalue weighted by Gasteiger charge is 2.08. The molecule has 0 radical (unpaired) electrons. The molecule has 2 aromatic rings. The normalized spacial score (nSPS) is 10.5. The fraction of sp³-hybridized carbons (Fsp3) is 0.286. The molecule has 19 heavy (non-hydrogen) atoms. The van der Waals surface area contributed by atoms with Crippen LogP contribution in [0.5, 0.6) is 0 Å². The molecule has 5 heteroatoms. The Labute approximate surface area is 111 Å². The van der Waals surface area contributed by atoms with E-state index in [1.165, 1.54) is 0 Å². The second-order valence-corrected chi connectivity index (χ2v) is 4.45. The summed E-state index contributed by atoms with van der Waals surface area (Å²) in [6.45, 7) is 0.543. The molecule has 0 saturated carbocycles. The molecule has 0 saturated heterocycles. The van der Waals surface area contributed by atoms with Crippen LogP contribution in [-0.2, 0) is 4.79 Å². The van der Waals surface area contributed by atoms with E-state index in [9.17, 15) is 9.59 Å². The van der Waals surface area contributed by atoms with E-state index in [0.717, 1.165) is 17.3 Å². The molecule has 2 rings (SSSR count). The average Bonchev–Trinajstić information content (AvgIpc) is 2.81. The lowest BCUT2D eigenvalue weighted by atomic mass is 10.2. The minimum absolute atomic E-state index is 0.129. The third-order valence-corrected chi connectivity index (χ3v) is 2.91. The summed E-state index contributed by atoms with van der Waals surface area (Å²) in [5.41, 5.74) is 6.53. The fourth-order valence-corrected chi connectivity index (χ4v) is 1.92. The van der Waals surface area contributed by atoms with Gasteiger partial charge in [-0.15, -0.1) is 0 Å². The van der Waals surface area contributed by atoms with Crippen molar-refractivity contribution in [2.45, 2.75) is 19.3 Å². The van der Waals surface area contributed by atoms with Gasteiger partial charge in [-0.25, -0.2) is 0 Å². The van der Waals surface area contributed by atoms with Gasteiger partial charge in [0.15, 0.2) is 0 Å². The minimum atomic E-state index is -0.304. The maximum absolute atomic E-state index is 11.9. The van der Waals surface area contributed by atoms with E-state index >= 15 is 0 Å². The van der Waals surface area contributed by atoms with E-state index in [-0.39, 0.29) is 11.8 Å². The van der Waals surface area contributed by atoms with E-state index < -0.39 is 0 Å². The molecule has 0 bridgehead atoms. The number of nitrogens with one attached hydrogen (secondary N) is 2. The van der Waals surface area contributed by atoms with Crippen LogP contribution >= 0.6 is 0 Å². The number of carbonyl (C=O) groups is 2. The molecule has 0 spiro atoms. The molecule has 1 aromatic carbocycles. The number of H-pyrrole nitrogens is 1. The lowest BCUT2D eigenvalue weighted by Crippen LogP contribution is -2.25. The Morgan fingerprint density at radius 3 is 2.74 bits per heavy atom. The van der Waals surface area contributed by atoms with Crippen molar-refractivity contribution in [2.24, 2.45) is 5.73 Å². The van der Waals surface area contributed by atoms with Gasteiger partial charge in [-0.05, 0) is 25.0 Å². The van der Waals surface area contributed by atoms with Crippen molar-refractivity contribution in [1.29, 1.82) is 0 Å². The number of para-hydroxylation sites is 1. The number of nitrogens with two attached hydrogens (primary N) is 1. The van der Waals surface area contributed by atoms with Gasteiger partial charge in [-0.3, -0.25) is 9.59 Å². The molecule has 2 amide bonds.